The van der Waals surface area contributed by atoms with Crippen molar-refractivity contribution in [3.63, 3.8) is 0 Å². The SMILES string of the molecule is COc1ccccc1N(C)S(=O)(=O)c1ccc(C)c(C(=O)NC(c2ccccc2)c2ccco2)c1. The van der Waals surface area contributed by atoms with Crippen molar-refractivity contribution in [1.29, 1.82) is 0 Å². The molecule has 4 rings (SSSR count). The van der Waals surface area contributed by atoms with Crippen LogP contribution in [0.1, 0.15) is 33.3 Å². The molecule has 8 heteroatoms. The monoisotopic (exact) mass is 490 g/mol. The van der Waals surface area contributed by atoms with Gasteiger partial charge in [-0.05, 0) is 54.4 Å². The number of anilines is 1. The number of nitrogens with zero attached hydrogens (tertiary/aromatic N) is 1. The summed E-state index contributed by atoms with van der Waals surface area (Å²) in [5.74, 6) is 0.583. The van der Waals surface area contributed by atoms with Crippen molar-refractivity contribution in [2.75, 3.05) is 18.5 Å². The molecule has 0 aliphatic carbocycles. The molecule has 1 N–H and O–H groups in total. The number of para-hydroxylation sites is 2. The lowest BCUT2D eigenvalue weighted by Crippen LogP contribution is -2.30. The van der Waals surface area contributed by atoms with Gasteiger partial charge in [0.15, 0.2) is 0 Å². The van der Waals surface area contributed by atoms with Crippen LogP contribution in [0.25, 0.3) is 0 Å². The standard InChI is InChI=1S/C27H26N2O5S/c1-19-15-16-21(35(31,32)29(2)23-12-7-8-13-24(23)33-3)18-22(19)27(30)28-26(25-14-9-17-34-25)20-10-5-4-6-11-20/h4-18,26H,1-3H3,(H,28,30). The Kier molecular flexibility index (Phi) is 6.93. The molecule has 1 unspecified atom stereocenters. The second-order valence-electron chi connectivity index (χ2n) is 7.95. The van der Waals surface area contributed by atoms with Gasteiger partial charge in [0.1, 0.15) is 17.6 Å². The Balaban J connectivity index is 1.68. The van der Waals surface area contributed by atoms with E-state index in [1.54, 1.807) is 55.7 Å². The lowest BCUT2D eigenvalue weighted by atomic mass is 10.0. The minimum atomic E-state index is -3.97. The van der Waals surface area contributed by atoms with Gasteiger partial charge >= 0.3 is 0 Å². The highest BCUT2D eigenvalue weighted by molar-refractivity contribution is 7.92. The van der Waals surface area contributed by atoms with Gasteiger partial charge in [0, 0.05) is 12.6 Å². The number of methoxy groups -OCH3 is 1. The maximum Gasteiger partial charge on any atom is 0.264 e. The number of hydrogen-bond donors (Lipinski definition) is 1. The van der Waals surface area contributed by atoms with Gasteiger partial charge < -0.3 is 14.5 Å². The Bertz CT molecular complexity index is 1420. The molecule has 0 bridgehead atoms. The van der Waals surface area contributed by atoms with Crippen molar-refractivity contribution >= 4 is 21.6 Å². The van der Waals surface area contributed by atoms with Gasteiger partial charge in [0.05, 0.1) is 24.0 Å². The summed E-state index contributed by atoms with van der Waals surface area (Å²) in [6, 6.07) is 23.8. The summed E-state index contributed by atoms with van der Waals surface area (Å²) in [5.41, 5.74) is 2.14. The molecule has 3 aromatic carbocycles. The number of hydrogen-bond acceptors (Lipinski definition) is 5. The lowest BCUT2D eigenvalue weighted by molar-refractivity contribution is 0.0938. The first-order valence-electron chi connectivity index (χ1n) is 10.9. The van der Waals surface area contributed by atoms with E-state index in [4.69, 9.17) is 9.15 Å². The van der Waals surface area contributed by atoms with Crippen LogP contribution in [0.15, 0.2) is 101 Å². The summed E-state index contributed by atoms with van der Waals surface area (Å²) >= 11 is 0. The van der Waals surface area contributed by atoms with Crippen LogP contribution < -0.4 is 14.4 Å². The van der Waals surface area contributed by atoms with Crippen LogP contribution in [-0.2, 0) is 10.0 Å². The van der Waals surface area contributed by atoms with E-state index in [2.05, 4.69) is 5.32 Å². The number of rotatable bonds is 8. The van der Waals surface area contributed by atoms with Crippen molar-refractivity contribution in [2.45, 2.75) is 17.9 Å². The maximum absolute atomic E-state index is 13.4. The first-order chi connectivity index (χ1) is 16.8. The van der Waals surface area contributed by atoms with Gasteiger partial charge in [-0.15, -0.1) is 0 Å². The van der Waals surface area contributed by atoms with Crippen LogP contribution in [0.3, 0.4) is 0 Å². The quantitative estimate of drug-likeness (QED) is 0.378. The normalized spacial score (nSPS) is 12.1. The topological polar surface area (TPSA) is 88.8 Å². The number of sulfonamides is 1. The third kappa shape index (κ3) is 4.93. The molecule has 7 nitrogen and oxygen atoms in total. The predicted octanol–water partition coefficient (Wildman–Crippen LogP) is 4.94. The van der Waals surface area contributed by atoms with Gasteiger partial charge in [-0.25, -0.2) is 8.42 Å². The van der Waals surface area contributed by atoms with Gasteiger partial charge in [-0.3, -0.25) is 9.10 Å². The minimum absolute atomic E-state index is 0.00378. The van der Waals surface area contributed by atoms with Crippen molar-refractivity contribution in [2.24, 2.45) is 0 Å². The third-order valence-electron chi connectivity index (χ3n) is 5.77. The van der Waals surface area contributed by atoms with Crippen LogP contribution >= 0.6 is 0 Å². The molecule has 1 amide bonds. The highest BCUT2D eigenvalue weighted by Gasteiger charge is 2.26. The minimum Gasteiger partial charge on any atom is -0.495 e. The smallest absolute Gasteiger partial charge is 0.264 e. The van der Waals surface area contributed by atoms with Crippen molar-refractivity contribution in [3.8, 4) is 5.75 Å². The molecule has 1 atom stereocenters. The van der Waals surface area contributed by atoms with Crippen molar-refractivity contribution < 1.29 is 22.4 Å². The van der Waals surface area contributed by atoms with E-state index in [0.717, 1.165) is 9.87 Å². The number of carbonyl (C=O) groups excluding carboxylic acids is 1. The first-order valence-corrected chi connectivity index (χ1v) is 12.4. The molecule has 0 fully saturated rings. The van der Waals surface area contributed by atoms with Crippen LogP contribution in [0.2, 0.25) is 0 Å². The fourth-order valence-electron chi connectivity index (χ4n) is 3.81. The number of aryl methyl sites for hydroxylation is 1. The highest BCUT2D eigenvalue weighted by Crippen LogP contribution is 2.31. The summed E-state index contributed by atoms with van der Waals surface area (Å²) in [6.07, 6.45) is 1.55. The molecule has 4 aromatic rings. The molecule has 180 valence electrons. The molecular weight excluding hydrogens is 464 g/mol. The summed E-state index contributed by atoms with van der Waals surface area (Å²) < 4.78 is 38.9. The van der Waals surface area contributed by atoms with Gasteiger partial charge in [-0.2, -0.15) is 0 Å². The van der Waals surface area contributed by atoms with Gasteiger partial charge in [-0.1, -0.05) is 48.5 Å². The Morgan fingerprint density at radius 2 is 1.69 bits per heavy atom. The number of nitrogens with one attached hydrogen (secondary N) is 1. The Hall–Kier alpha value is -4.04. The molecular formula is C27H26N2O5S. The zero-order valence-electron chi connectivity index (χ0n) is 19.6. The summed E-state index contributed by atoms with van der Waals surface area (Å²) in [7, 11) is -1.03. The van der Waals surface area contributed by atoms with Crippen LogP contribution in [0.5, 0.6) is 5.75 Å². The summed E-state index contributed by atoms with van der Waals surface area (Å²) in [5, 5.41) is 2.99. The summed E-state index contributed by atoms with van der Waals surface area (Å²) in [6.45, 7) is 1.76. The van der Waals surface area contributed by atoms with E-state index in [1.807, 2.05) is 30.3 Å². The maximum atomic E-state index is 13.4. The molecule has 0 aliphatic rings. The molecule has 0 saturated heterocycles. The average molecular weight is 491 g/mol. The zero-order chi connectivity index (χ0) is 25.0. The van der Waals surface area contributed by atoms with Crippen LogP contribution in [-0.4, -0.2) is 28.5 Å². The zero-order valence-corrected chi connectivity index (χ0v) is 20.5. The van der Waals surface area contributed by atoms with E-state index in [0.29, 0.717) is 22.8 Å². The molecule has 0 radical (unpaired) electrons. The van der Waals surface area contributed by atoms with E-state index in [-0.39, 0.29) is 10.5 Å². The first kappa shape index (κ1) is 24.1. The Labute approximate surface area is 205 Å². The van der Waals surface area contributed by atoms with E-state index in [9.17, 15) is 13.2 Å². The number of benzene rings is 3. The fraction of sp³-hybridized carbons (Fsp3) is 0.148. The lowest BCUT2D eigenvalue weighted by Gasteiger charge is -2.22. The molecule has 35 heavy (non-hydrogen) atoms. The largest absolute Gasteiger partial charge is 0.495 e. The molecule has 1 aromatic heterocycles. The van der Waals surface area contributed by atoms with Crippen molar-refractivity contribution in [1.82, 2.24) is 5.32 Å². The second-order valence-corrected chi connectivity index (χ2v) is 9.92. The molecule has 0 aliphatic heterocycles. The molecule has 1 heterocycles. The molecule has 0 spiro atoms. The average Bonchev–Trinajstić information content (AvgIpc) is 3.42. The number of amides is 1. The Morgan fingerprint density at radius 3 is 2.37 bits per heavy atom. The third-order valence-corrected chi connectivity index (χ3v) is 7.54. The van der Waals surface area contributed by atoms with Crippen LogP contribution in [0, 0.1) is 6.92 Å². The van der Waals surface area contributed by atoms with Crippen molar-refractivity contribution in [3.05, 3.63) is 114 Å². The van der Waals surface area contributed by atoms with Crippen LogP contribution in [0.4, 0.5) is 5.69 Å². The van der Waals surface area contributed by atoms with E-state index < -0.39 is 22.0 Å². The number of carbonyl (C=O) groups is 1. The van der Waals surface area contributed by atoms with Gasteiger partial charge in [0.2, 0.25) is 0 Å². The van der Waals surface area contributed by atoms with Gasteiger partial charge in [0.25, 0.3) is 15.9 Å². The number of ether oxygens (including phenoxy) is 1. The summed E-state index contributed by atoms with van der Waals surface area (Å²) in [4.78, 5) is 13.4. The fourth-order valence-corrected chi connectivity index (χ4v) is 5.05. The van der Waals surface area contributed by atoms with E-state index in [1.165, 1.54) is 26.3 Å². The Morgan fingerprint density at radius 1 is 0.971 bits per heavy atom. The predicted molar refractivity (Wildman–Crippen MR) is 134 cm³/mol. The highest BCUT2D eigenvalue weighted by atomic mass is 32.2. The van der Waals surface area contributed by atoms with E-state index >= 15 is 0 Å². The number of furan rings is 1. The molecule has 0 saturated carbocycles. The second kappa shape index (κ2) is 10.1.